The van der Waals surface area contributed by atoms with Gasteiger partial charge in [0, 0.05) is 19.5 Å². The monoisotopic (exact) mass is 374 g/mol. The maximum atomic E-state index is 12.0. The van der Waals surface area contributed by atoms with Gasteiger partial charge in [0.15, 0.2) is 5.16 Å². The summed E-state index contributed by atoms with van der Waals surface area (Å²) in [5.74, 6) is 1.42. The van der Waals surface area contributed by atoms with Crippen LogP contribution in [0.5, 0.6) is 0 Å². The van der Waals surface area contributed by atoms with Crippen LogP contribution >= 0.6 is 23.1 Å². The summed E-state index contributed by atoms with van der Waals surface area (Å²) in [6.45, 7) is 5.58. The van der Waals surface area contributed by atoms with E-state index in [1.54, 1.807) is 29.3 Å². The average Bonchev–Trinajstić information content (AvgIpc) is 3.13. The van der Waals surface area contributed by atoms with Gasteiger partial charge in [0.2, 0.25) is 10.0 Å². The Kier molecular flexibility index (Phi) is 6.63. The smallest absolute Gasteiger partial charge is 0.250 e. The molecule has 0 aromatic carbocycles. The third-order valence-electron chi connectivity index (χ3n) is 3.15. The van der Waals surface area contributed by atoms with Crippen molar-refractivity contribution in [1.82, 2.24) is 19.5 Å². The standard InChI is InChI=1S/C14H22N4O2S3/c1-11(2)10-18-12(16-17-14(18)21-3)6-4-8-15-23(19,20)13-7-5-9-22-13/h5,7,9,11,15H,4,6,8,10H2,1-3H3. The van der Waals surface area contributed by atoms with Gasteiger partial charge in [-0.25, -0.2) is 13.1 Å². The first-order valence-electron chi connectivity index (χ1n) is 7.43. The van der Waals surface area contributed by atoms with Crippen LogP contribution in [0.3, 0.4) is 0 Å². The first-order valence-corrected chi connectivity index (χ1v) is 11.0. The molecule has 6 nitrogen and oxygen atoms in total. The van der Waals surface area contributed by atoms with Crippen LogP contribution in [0.15, 0.2) is 26.9 Å². The number of sulfonamides is 1. The number of hydrogen-bond donors (Lipinski definition) is 1. The quantitative estimate of drug-likeness (QED) is 0.539. The molecule has 0 saturated heterocycles. The highest BCUT2D eigenvalue weighted by Gasteiger charge is 2.15. The van der Waals surface area contributed by atoms with Crippen LogP contribution in [0, 0.1) is 5.92 Å². The molecule has 23 heavy (non-hydrogen) atoms. The number of aromatic nitrogens is 3. The zero-order valence-electron chi connectivity index (χ0n) is 13.5. The first kappa shape index (κ1) is 18.4. The summed E-state index contributed by atoms with van der Waals surface area (Å²) in [5.41, 5.74) is 0. The van der Waals surface area contributed by atoms with Crippen LogP contribution in [-0.2, 0) is 23.0 Å². The lowest BCUT2D eigenvalue weighted by Gasteiger charge is -2.11. The normalized spacial score (nSPS) is 12.2. The van der Waals surface area contributed by atoms with Gasteiger partial charge in [-0.1, -0.05) is 31.7 Å². The molecule has 0 spiro atoms. The lowest BCUT2D eigenvalue weighted by atomic mass is 10.2. The third-order valence-corrected chi connectivity index (χ3v) is 6.68. The molecule has 1 N–H and O–H groups in total. The van der Waals surface area contributed by atoms with Crippen molar-refractivity contribution < 1.29 is 8.42 Å². The number of nitrogens with zero attached hydrogens (tertiary/aromatic N) is 3. The summed E-state index contributed by atoms with van der Waals surface area (Å²) in [7, 11) is -3.38. The molecule has 2 aromatic heterocycles. The summed E-state index contributed by atoms with van der Waals surface area (Å²) in [6.07, 6.45) is 3.38. The molecular weight excluding hydrogens is 352 g/mol. The maximum Gasteiger partial charge on any atom is 0.250 e. The number of nitrogens with one attached hydrogen (secondary N) is 1. The van der Waals surface area contributed by atoms with Crippen molar-refractivity contribution in [1.29, 1.82) is 0 Å². The molecule has 2 heterocycles. The van der Waals surface area contributed by atoms with Crippen molar-refractivity contribution in [2.24, 2.45) is 5.92 Å². The van der Waals surface area contributed by atoms with Crippen molar-refractivity contribution in [2.45, 2.75) is 42.6 Å². The third kappa shape index (κ3) is 5.03. The molecule has 0 unspecified atom stereocenters. The molecule has 0 aliphatic heterocycles. The van der Waals surface area contributed by atoms with Crippen LogP contribution in [0.2, 0.25) is 0 Å². The highest BCUT2D eigenvalue weighted by molar-refractivity contribution is 7.98. The van der Waals surface area contributed by atoms with E-state index >= 15 is 0 Å². The highest BCUT2D eigenvalue weighted by atomic mass is 32.2. The molecule has 0 saturated carbocycles. The number of hydrogen-bond acceptors (Lipinski definition) is 6. The van der Waals surface area contributed by atoms with E-state index in [1.165, 1.54) is 11.3 Å². The van der Waals surface area contributed by atoms with Crippen LogP contribution in [0.1, 0.15) is 26.1 Å². The molecule has 0 aliphatic rings. The Hall–Kier alpha value is -0.900. The Labute approximate surface area is 145 Å². The number of rotatable bonds is 9. The van der Waals surface area contributed by atoms with E-state index in [1.807, 2.05) is 6.26 Å². The number of aryl methyl sites for hydroxylation is 1. The van der Waals surface area contributed by atoms with Gasteiger partial charge in [0.25, 0.3) is 0 Å². The Morgan fingerprint density at radius 3 is 2.78 bits per heavy atom. The van der Waals surface area contributed by atoms with Gasteiger partial charge in [-0.15, -0.1) is 21.5 Å². The molecule has 2 aromatic rings. The zero-order chi connectivity index (χ0) is 16.9. The molecule has 2 rings (SSSR count). The predicted octanol–water partition coefficient (Wildman–Crippen LogP) is 2.63. The average molecular weight is 375 g/mol. The highest BCUT2D eigenvalue weighted by Crippen LogP contribution is 2.17. The predicted molar refractivity (Wildman–Crippen MR) is 94.5 cm³/mol. The van der Waals surface area contributed by atoms with Gasteiger partial charge in [-0.2, -0.15) is 0 Å². The molecule has 0 bridgehead atoms. The molecule has 0 atom stereocenters. The second-order valence-electron chi connectivity index (χ2n) is 5.54. The van der Waals surface area contributed by atoms with Gasteiger partial charge >= 0.3 is 0 Å². The van der Waals surface area contributed by atoms with Crippen LogP contribution in [0.25, 0.3) is 0 Å². The number of thioether (sulfide) groups is 1. The van der Waals surface area contributed by atoms with E-state index < -0.39 is 10.0 Å². The van der Waals surface area contributed by atoms with Crippen molar-refractivity contribution in [2.75, 3.05) is 12.8 Å². The zero-order valence-corrected chi connectivity index (χ0v) is 16.0. The molecule has 0 fully saturated rings. The molecule has 9 heteroatoms. The fourth-order valence-corrected chi connectivity index (χ4v) is 4.78. The van der Waals surface area contributed by atoms with Crippen molar-refractivity contribution in [3.8, 4) is 0 Å². The van der Waals surface area contributed by atoms with E-state index in [4.69, 9.17) is 0 Å². The Morgan fingerprint density at radius 1 is 1.39 bits per heavy atom. The topological polar surface area (TPSA) is 76.9 Å². The summed E-state index contributed by atoms with van der Waals surface area (Å²) >= 11 is 2.80. The van der Waals surface area contributed by atoms with Crippen molar-refractivity contribution in [3.05, 3.63) is 23.3 Å². The van der Waals surface area contributed by atoms with E-state index in [0.717, 1.165) is 17.5 Å². The van der Waals surface area contributed by atoms with Gasteiger partial charge < -0.3 is 4.57 Å². The fourth-order valence-electron chi connectivity index (χ4n) is 2.14. The fraction of sp³-hybridized carbons (Fsp3) is 0.571. The summed E-state index contributed by atoms with van der Waals surface area (Å²) in [4.78, 5) is 0. The first-order chi connectivity index (χ1) is 10.9. The summed E-state index contributed by atoms with van der Waals surface area (Å²) in [6, 6.07) is 3.34. The van der Waals surface area contributed by atoms with E-state index in [9.17, 15) is 8.42 Å². The summed E-state index contributed by atoms with van der Waals surface area (Å²) in [5, 5.41) is 11.1. The van der Waals surface area contributed by atoms with E-state index in [0.29, 0.717) is 29.5 Å². The molecule has 0 amide bonds. The van der Waals surface area contributed by atoms with E-state index in [2.05, 4.69) is 33.3 Å². The lowest BCUT2D eigenvalue weighted by Crippen LogP contribution is -2.24. The van der Waals surface area contributed by atoms with Crippen molar-refractivity contribution in [3.63, 3.8) is 0 Å². The Morgan fingerprint density at radius 2 is 2.17 bits per heavy atom. The van der Waals surface area contributed by atoms with Gasteiger partial charge in [0.05, 0.1) is 0 Å². The molecule has 0 radical (unpaired) electrons. The van der Waals surface area contributed by atoms with Gasteiger partial charge in [0.1, 0.15) is 10.0 Å². The minimum Gasteiger partial charge on any atom is -0.306 e. The van der Waals surface area contributed by atoms with Gasteiger partial charge in [-0.05, 0) is 30.0 Å². The molecule has 128 valence electrons. The minimum atomic E-state index is -3.38. The van der Waals surface area contributed by atoms with Gasteiger partial charge in [-0.3, -0.25) is 0 Å². The van der Waals surface area contributed by atoms with E-state index in [-0.39, 0.29) is 0 Å². The van der Waals surface area contributed by atoms with Crippen LogP contribution in [0.4, 0.5) is 0 Å². The minimum absolute atomic E-state index is 0.352. The SMILES string of the molecule is CSc1nnc(CCCNS(=O)(=O)c2cccs2)n1CC(C)C. The second kappa shape index (κ2) is 8.27. The molecular formula is C14H22N4O2S3. The summed E-state index contributed by atoms with van der Waals surface area (Å²) < 4.78 is 29.2. The Balaban J connectivity index is 1.91. The molecule has 0 aliphatic carbocycles. The second-order valence-corrected chi connectivity index (χ2v) is 9.26. The van der Waals surface area contributed by atoms with Crippen LogP contribution in [-0.4, -0.2) is 36.0 Å². The van der Waals surface area contributed by atoms with Crippen molar-refractivity contribution >= 4 is 33.1 Å². The number of thiophene rings is 1. The van der Waals surface area contributed by atoms with Crippen LogP contribution < -0.4 is 4.72 Å². The maximum absolute atomic E-state index is 12.0. The largest absolute Gasteiger partial charge is 0.306 e. The Bertz CT molecular complexity index is 708. The lowest BCUT2D eigenvalue weighted by molar-refractivity contribution is 0.477.